The van der Waals surface area contributed by atoms with Gasteiger partial charge < -0.3 is 4.74 Å². The second-order valence-electron chi connectivity index (χ2n) is 4.86. The molecular formula is C17H11Cl3N2O2. The molecule has 0 aliphatic rings. The number of imidazole rings is 1. The molecule has 24 heavy (non-hydrogen) atoms. The fraction of sp³-hybridized carbons (Fsp3) is 0.0588. The van der Waals surface area contributed by atoms with Crippen molar-refractivity contribution in [3.05, 3.63) is 69.4 Å². The Morgan fingerprint density at radius 2 is 1.71 bits per heavy atom. The molecule has 3 rings (SSSR count). The lowest BCUT2D eigenvalue weighted by Crippen LogP contribution is -2.03. The number of rotatable bonds is 3. The van der Waals surface area contributed by atoms with Gasteiger partial charge in [-0.3, -0.25) is 4.57 Å². The molecule has 0 radical (unpaired) electrons. The van der Waals surface area contributed by atoms with Crippen molar-refractivity contribution in [2.45, 2.75) is 0 Å². The van der Waals surface area contributed by atoms with E-state index in [1.54, 1.807) is 41.0 Å². The molecule has 0 atom stereocenters. The van der Waals surface area contributed by atoms with E-state index in [-0.39, 0.29) is 10.8 Å². The summed E-state index contributed by atoms with van der Waals surface area (Å²) in [6.45, 7) is 0. The van der Waals surface area contributed by atoms with Crippen molar-refractivity contribution in [3.63, 3.8) is 0 Å². The lowest BCUT2D eigenvalue weighted by atomic mass is 10.2. The van der Waals surface area contributed by atoms with Gasteiger partial charge >= 0.3 is 5.97 Å². The van der Waals surface area contributed by atoms with Crippen LogP contribution in [0.15, 0.2) is 48.5 Å². The van der Waals surface area contributed by atoms with Gasteiger partial charge in [-0.1, -0.05) is 46.9 Å². The van der Waals surface area contributed by atoms with Crippen LogP contribution in [0.1, 0.15) is 10.5 Å². The predicted octanol–water partition coefficient (Wildman–Crippen LogP) is 5.29. The highest BCUT2D eigenvalue weighted by atomic mass is 35.5. The van der Waals surface area contributed by atoms with E-state index < -0.39 is 5.97 Å². The third-order valence-corrected chi connectivity index (χ3v) is 4.33. The summed E-state index contributed by atoms with van der Waals surface area (Å²) in [5.41, 5.74) is 1.36. The van der Waals surface area contributed by atoms with E-state index in [0.717, 1.165) is 0 Å². The van der Waals surface area contributed by atoms with Gasteiger partial charge in [-0.15, -0.1) is 0 Å². The van der Waals surface area contributed by atoms with Crippen molar-refractivity contribution >= 4 is 40.8 Å². The Morgan fingerprint density at radius 1 is 1.04 bits per heavy atom. The summed E-state index contributed by atoms with van der Waals surface area (Å²) in [4.78, 5) is 16.3. The Bertz CT molecular complexity index is 905. The number of carbonyl (C=O) groups excluding carboxylic acids is 1. The van der Waals surface area contributed by atoms with Gasteiger partial charge in [-0.2, -0.15) is 0 Å². The fourth-order valence-corrected chi connectivity index (χ4v) is 2.92. The van der Waals surface area contributed by atoms with E-state index in [1.165, 1.54) is 7.11 Å². The molecule has 0 unspecified atom stereocenters. The fourth-order valence-electron chi connectivity index (χ4n) is 2.28. The van der Waals surface area contributed by atoms with Gasteiger partial charge in [-0.25, -0.2) is 9.78 Å². The minimum Gasteiger partial charge on any atom is -0.464 e. The van der Waals surface area contributed by atoms with E-state index in [4.69, 9.17) is 39.5 Å². The van der Waals surface area contributed by atoms with E-state index in [2.05, 4.69) is 4.98 Å². The van der Waals surface area contributed by atoms with E-state index in [1.807, 2.05) is 12.1 Å². The first-order valence-electron chi connectivity index (χ1n) is 6.90. The third-order valence-electron chi connectivity index (χ3n) is 3.40. The summed E-state index contributed by atoms with van der Waals surface area (Å²) < 4.78 is 6.38. The average molecular weight is 382 g/mol. The van der Waals surface area contributed by atoms with Gasteiger partial charge in [0.25, 0.3) is 0 Å². The number of nitrogens with zero attached hydrogens (tertiary/aromatic N) is 2. The van der Waals surface area contributed by atoms with E-state index >= 15 is 0 Å². The van der Waals surface area contributed by atoms with Crippen LogP contribution in [0.25, 0.3) is 17.1 Å². The van der Waals surface area contributed by atoms with Crippen LogP contribution in [0.4, 0.5) is 0 Å². The van der Waals surface area contributed by atoms with Crippen LogP contribution in [-0.2, 0) is 4.74 Å². The van der Waals surface area contributed by atoms with Crippen LogP contribution >= 0.6 is 34.8 Å². The third kappa shape index (κ3) is 3.00. The van der Waals surface area contributed by atoms with Gasteiger partial charge in [-0.05, 0) is 36.4 Å². The molecule has 1 heterocycles. The molecule has 0 saturated heterocycles. The number of methoxy groups -OCH3 is 1. The minimum absolute atomic E-state index is 0.0176. The van der Waals surface area contributed by atoms with Crippen molar-refractivity contribution < 1.29 is 9.53 Å². The van der Waals surface area contributed by atoms with Crippen LogP contribution < -0.4 is 0 Å². The maximum absolute atomic E-state index is 12.0. The first-order chi connectivity index (χ1) is 11.5. The molecule has 7 heteroatoms. The topological polar surface area (TPSA) is 44.1 Å². The van der Waals surface area contributed by atoms with Gasteiger partial charge in [0, 0.05) is 16.3 Å². The second kappa shape index (κ2) is 6.85. The van der Waals surface area contributed by atoms with Crippen LogP contribution in [0.5, 0.6) is 0 Å². The molecule has 0 fully saturated rings. The Balaban J connectivity index is 2.29. The highest BCUT2D eigenvalue weighted by Crippen LogP contribution is 2.34. The predicted molar refractivity (Wildman–Crippen MR) is 95.4 cm³/mol. The molecule has 0 aliphatic carbocycles. The summed E-state index contributed by atoms with van der Waals surface area (Å²) in [6, 6.07) is 14.2. The molecule has 0 aliphatic heterocycles. The Labute approximate surface area is 153 Å². The highest BCUT2D eigenvalue weighted by Gasteiger charge is 2.24. The number of esters is 1. The summed E-state index contributed by atoms with van der Waals surface area (Å²) >= 11 is 18.6. The number of ether oxygens (including phenoxy) is 1. The summed E-state index contributed by atoms with van der Waals surface area (Å²) in [5, 5.41) is 1.22. The molecule has 1 aromatic heterocycles. The normalized spacial score (nSPS) is 10.7. The maximum Gasteiger partial charge on any atom is 0.359 e. The molecule has 4 nitrogen and oxygen atoms in total. The summed E-state index contributed by atoms with van der Waals surface area (Å²) in [7, 11) is 1.27. The van der Waals surface area contributed by atoms with Gasteiger partial charge in [0.05, 0.1) is 12.1 Å². The zero-order valence-corrected chi connectivity index (χ0v) is 14.7. The lowest BCUT2D eigenvalue weighted by Gasteiger charge is -2.10. The summed E-state index contributed by atoms with van der Waals surface area (Å²) in [6.07, 6.45) is 0. The Hall–Kier alpha value is -2.01. The SMILES string of the molecule is COC(=O)c1nc(-c2ccccc2Cl)n(-c2ccc(Cl)cc2)c1Cl. The maximum atomic E-state index is 12.0. The molecular weight excluding hydrogens is 371 g/mol. The number of hydrogen-bond acceptors (Lipinski definition) is 3. The van der Waals surface area contributed by atoms with E-state index in [0.29, 0.717) is 27.1 Å². The van der Waals surface area contributed by atoms with Crippen molar-refractivity contribution in [2.75, 3.05) is 7.11 Å². The molecule has 0 saturated carbocycles. The zero-order valence-electron chi connectivity index (χ0n) is 12.5. The van der Waals surface area contributed by atoms with Crippen molar-refractivity contribution in [1.82, 2.24) is 9.55 Å². The molecule has 0 N–H and O–H groups in total. The molecule has 2 aromatic carbocycles. The number of benzene rings is 2. The van der Waals surface area contributed by atoms with Gasteiger partial charge in [0.2, 0.25) is 0 Å². The first-order valence-corrected chi connectivity index (χ1v) is 8.03. The molecule has 3 aromatic rings. The highest BCUT2D eigenvalue weighted by molar-refractivity contribution is 6.34. The van der Waals surface area contributed by atoms with Crippen LogP contribution in [0, 0.1) is 0 Å². The zero-order chi connectivity index (χ0) is 17.3. The van der Waals surface area contributed by atoms with Crippen LogP contribution in [0.2, 0.25) is 15.2 Å². The molecule has 0 bridgehead atoms. The number of hydrogen-bond donors (Lipinski definition) is 0. The Kier molecular flexibility index (Phi) is 4.81. The molecule has 0 amide bonds. The number of aromatic nitrogens is 2. The van der Waals surface area contributed by atoms with Crippen molar-refractivity contribution in [1.29, 1.82) is 0 Å². The van der Waals surface area contributed by atoms with Crippen LogP contribution in [-0.4, -0.2) is 22.6 Å². The lowest BCUT2D eigenvalue weighted by molar-refractivity contribution is 0.0595. The smallest absolute Gasteiger partial charge is 0.359 e. The summed E-state index contributed by atoms with van der Waals surface area (Å²) in [5.74, 6) is -0.186. The first kappa shape index (κ1) is 16.8. The van der Waals surface area contributed by atoms with Crippen molar-refractivity contribution in [3.8, 4) is 17.1 Å². The second-order valence-corrected chi connectivity index (χ2v) is 6.06. The van der Waals surface area contributed by atoms with E-state index in [9.17, 15) is 4.79 Å². The van der Waals surface area contributed by atoms with Crippen molar-refractivity contribution in [2.24, 2.45) is 0 Å². The Morgan fingerprint density at radius 3 is 2.33 bits per heavy atom. The van der Waals surface area contributed by atoms with Gasteiger partial charge in [0.15, 0.2) is 5.69 Å². The molecule has 122 valence electrons. The minimum atomic E-state index is -0.624. The van der Waals surface area contributed by atoms with Gasteiger partial charge in [0.1, 0.15) is 11.0 Å². The quantitative estimate of drug-likeness (QED) is 0.579. The average Bonchev–Trinajstić information content (AvgIpc) is 2.92. The standard InChI is InChI=1S/C17H11Cl3N2O2/c1-24-17(23)14-15(20)22(11-8-6-10(18)7-9-11)16(21-14)12-4-2-3-5-13(12)19/h2-9H,1H3. The largest absolute Gasteiger partial charge is 0.464 e. The van der Waals surface area contributed by atoms with Crippen LogP contribution in [0.3, 0.4) is 0 Å². The molecule has 0 spiro atoms. The monoisotopic (exact) mass is 380 g/mol. The number of halogens is 3. The number of carbonyl (C=O) groups is 1.